The van der Waals surface area contributed by atoms with Crippen molar-refractivity contribution in [3.05, 3.63) is 18.1 Å². The molecule has 1 saturated heterocycles. The van der Waals surface area contributed by atoms with E-state index in [9.17, 15) is 8.42 Å². The van der Waals surface area contributed by atoms with Crippen LogP contribution in [0.4, 0.5) is 5.82 Å². The molecule has 1 aromatic heterocycles. The molecule has 0 amide bonds. The Hall–Kier alpha value is -1.72. The Bertz CT molecular complexity index is 703. The summed E-state index contributed by atoms with van der Waals surface area (Å²) in [6.07, 6.45) is 6.51. The molecule has 0 unspecified atom stereocenters. The summed E-state index contributed by atoms with van der Waals surface area (Å²) in [7, 11) is -1.40. The first-order valence-electron chi connectivity index (χ1n) is 7.93. The second kappa shape index (κ2) is 6.42. The van der Waals surface area contributed by atoms with Crippen molar-refractivity contribution in [3.63, 3.8) is 0 Å². The Morgan fingerprint density at radius 1 is 1.26 bits per heavy atom. The van der Waals surface area contributed by atoms with Gasteiger partial charge in [0, 0.05) is 39.1 Å². The molecule has 1 aromatic rings. The molecular formula is C15H21N5O2S. The van der Waals surface area contributed by atoms with E-state index in [0.717, 1.165) is 38.8 Å². The molecular weight excluding hydrogens is 314 g/mol. The molecule has 3 rings (SSSR count). The molecule has 1 aliphatic carbocycles. The van der Waals surface area contributed by atoms with Gasteiger partial charge in [0.2, 0.25) is 10.0 Å². The van der Waals surface area contributed by atoms with Gasteiger partial charge >= 0.3 is 0 Å². The van der Waals surface area contributed by atoms with Crippen LogP contribution in [-0.2, 0) is 10.0 Å². The van der Waals surface area contributed by atoms with Crippen LogP contribution in [0.15, 0.2) is 12.4 Å². The monoisotopic (exact) mass is 335 g/mol. The molecule has 7 nitrogen and oxygen atoms in total. The van der Waals surface area contributed by atoms with Crippen molar-refractivity contribution < 1.29 is 8.42 Å². The predicted octanol–water partition coefficient (Wildman–Crippen LogP) is 0.989. The third kappa shape index (κ3) is 3.46. The highest BCUT2D eigenvalue weighted by Gasteiger charge is 2.39. The van der Waals surface area contributed by atoms with Gasteiger partial charge in [-0.2, -0.15) is 5.26 Å². The maximum atomic E-state index is 12.2. The van der Waals surface area contributed by atoms with Crippen molar-refractivity contribution in [1.82, 2.24) is 14.3 Å². The highest BCUT2D eigenvalue weighted by molar-refractivity contribution is 7.90. The second-order valence-electron chi connectivity index (χ2n) is 6.30. The van der Waals surface area contributed by atoms with E-state index in [4.69, 9.17) is 5.26 Å². The van der Waals surface area contributed by atoms with Gasteiger partial charge in [0.15, 0.2) is 11.5 Å². The Kier molecular flexibility index (Phi) is 4.50. The van der Waals surface area contributed by atoms with E-state index >= 15 is 0 Å². The van der Waals surface area contributed by atoms with Crippen LogP contribution in [0.25, 0.3) is 0 Å². The van der Waals surface area contributed by atoms with E-state index in [-0.39, 0.29) is 5.25 Å². The van der Waals surface area contributed by atoms with E-state index in [1.54, 1.807) is 13.2 Å². The Morgan fingerprint density at radius 3 is 2.52 bits per heavy atom. The zero-order chi connectivity index (χ0) is 16.4. The predicted molar refractivity (Wildman–Crippen MR) is 86.3 cm³/mol. The fraction of sp³-hybridized carbons (Fsp3) is 0.667. The summed E-state index contributed by atoms with van der Waals surface area (Å²) in [6, 6.07) is 2.07. The van der Waals surface area contributed by atoms with Crippen LogP contribution < -0.4 is 4.90 Å². The number of hydrogen-bond donors (Lipinski definition) is 0. The van der Waals surface area contributed by atoms with Crippen LogP contribution in [0.5, 0.6) is 0 Å². The molecule has 2 aliphatic rings. The van der Waals surface area contributed by atoms with Crippen molar-refractivity contribution >= 4 is 15.8 Å². The van der Waals surface area contributed by atoms with Gasteiger partial charge in [0.25, 0.3) is 0 Å². The van der Waals surface area contributed by atoms with Crippen LogP contribution in [-0.4, -0.2) is 54.6 Å². The minimum atomic E-state index is -3.09. The van der Waals surface area contributed by atoms with Gasteiger partial charge in [-0.15, -0.1) is 0 Å². The molecule has 0 radical (unpaired) electrons. The van der Waals surface area contributed by atoms with Crippen molar-refractivity contribution in [2.24, 2.45) is 5.92 Å². The number of aromatic nitrogens is 2. The van der Waals surface area contributed by atoms with Gasteiger partial charge in [-0.3, -0.25) is 0 Å². The molecule has 0 spiro atoms. The SMILES string of the molecule is CN(CC1CCN(c2nccnc2C#N)CC1)S(=O)(=O)C1CC1. The standard InChI is InChI=1S/C15H21N5O2S/c1-19(23(21,22)13-2-3-13)11-12-4-8-20(9-5-12)15-14(10-16)17-6-7-18-15/h6-7,12-13H,2-5,8-9,11H2,1H3. The Morgan fingerprint density at radius 2 is 1.91 bits per heavy atom. The van der Waals surface area contributed by atoms with E-state index in [1.807, 2.05) is 0 Å². The highest BCUT2D eigenvalue weighted by atomic mass is 32.2. The van der Waals surface area contributed by atoms with Crippen molar-refractivity contribution in [1.29, 1.82) is 5.26 Å². The van der Waals surface area contributed by atoms with Gasteiger partial charge < -0.3 is 4.90 Å². The lowest BCUT2D eigenvalue weighted by Crippen LogP contribution is -2.40. The van der Waals surface area contributed by atoms with Gasteiger partial charge in [-0.1, -0.05) is 0 Å². The van der Waals surface area contributed by atoms with Gasteiger partial charge in [-0.25, -0.2) is 22.7 Å². The first-order valence-corrected chi connectivity index (χ1v) is 9.44. The van der Waals surface area contributed by atoms with Crippen molar-refractivity contribution in [2.75, 3.05) is 31.6 Å². The normalized spacial score (nSPS) is 19.8. The van der Waals surface area contributed by atoms with Crippen molar-refractivity contribution in [3.8, 4) is 6.07 Å². The molecule has 23 heavy (non-hydrogen) atoms. The van der Waals surface area contributed by atoms with Crippen molar-refractivity contribution in [2.45, 2.75) is 30.9 Å². The van der Waals surface area contributed by atoms with Crippen LogP contribution in [0.3, 0.4) is 0 Å². The average molecular weight is 335 g/mol. The molecule has 0 atom stereocenters. The third-order valence-electron chi connectivity index (χ3n) is 4.59. The lowest BCUT2D eigenvalue weighted by Gasteiger charge is -2.34. The molecule has 0 aromatic carbocycles. The number of hydrogen-bond acceptors (Lipinski definition) is 6. The van der Waals surface area contributed by atoms with Crippen LogP contribution in [0.2, 0.25) is 0 Å². The molecule has 1 saturated carbocycles. The number of nitriles is 1. The summed E-state index contributed by atoms with van der Waals surface area (Å²) in [6.45, 7) is 2.13. The van der Waals surface area contributed by atoms with Gasteiger partial charge in [0.05, 0.1) is 5.25 Å². The lowest BCUT2D eigenvalue weighted by atomic mass is 9.97. The Balaban J connectivity index is 1.57. The minimum absolute atomic E-state index is 0.148. The topological polar surface area (TPSA) is 90.2 Å². The molecule has 0 bridgehead atoms. The molecule has 2 fully saturated rings. The third-order valence-corrected chi connectivity index (χ3v) is 6.93. The first-order chi connectivity index (χ1) is 11.0. The number of sulfonamides is 1. The summed E-state index contributed by atoms with van der Waals surface area (Å²) in [5.41, 5.74) is 0.347. The summed E-state index contributed by atoms with van der Waals surface area (Å²) in [5, 5.41) is 8.97. The smallest absolute Gasteiger partial charge is 0.216 e. The molecule has 1 aliphatic heterocycles. The summed E-state index contributed by atoms with van der Waals surface area (Å²) in [4.78, 5) is 10.4. The van der Waals surface area contributed by atoms with Crippen LogP contribution in [0, 0.1) is 17.2 Å². The highest BCUT2D eigenvalue weighted by Crippen LogP contribution is 2.31. The Labute approximate surface area is 137 Å². The molecule has 2 heterocycles. The van der Waals surface area contributed by atoms with E-state index in [1.165, 1.54) is 10.5 Å². The zero-order valence-electron chi connectivity index (χ0n) is 13.2. The fourth-order valence-corrected chi connectivity index (χ4v) is 4.72. The summed E-state index contributed by atoms with van der Waals surface area (Å²) in [5.74, 6) is 0.986. The van der Waals surface area contributed by atoms with E-state index in [0.29, 0.717) is 24.0 Å². The van der Waals surface area contributed by atoms with Gasteiger partial charge in [0.1, 0.15) is 6.07 Å². The number of rotatable bonds is 5. The number of nitrogens with zero attached hydrogens (tertiary/aromatic N) is 5. The molecule has 0 N–H and O–H groups in total. The first kappa shape index (κ1) is 16.1. The maximum absolute atomic E-state index is 12.2. The average Bonchev–Trinajstić information content (AvgIpc) is 3.41. The lowest BCUT2D eigenvalue weighted by molar-refractivity contribution is 0.327. The summed E-state index contributed by atoms with van der Waals surface area (Å²) < 4.78 is 25.9. The summed E-state index contributed by atoms with van der Waals surface area (Å²) >= 11 is 0. The minimum Gasteiger partial charge on any atom is -0.354 e. The van der Waals surface area contributed by atoms with Crippen LogP contribution >= 0.6 is 0 Å². The molecule has 8 heteroatoms. The molecule has 124 valence electrons. The fourth-order valence-electron chi connectivity index (χ4n) is 3.06. The second-order valence-corrected chi connectivity index (χ2v) is 8.62. The number of piperidine rings is 1. The largest absolute Gasteiger partial charge is 0.354 e. The van der Waals surface area contributed by atoms with E-state index < -0.39 is 10.0 Å². The maximum Gasteiger partial charge on any atom is 0.216 e. The van der Waals surface area contributed by atoms with Crippen LogP contribution in [0.1, 0.15) is 31.4 Å². The number of anilines is 1. The quantitative estimate of drug-likeness (QED) is 0.797. The van der Waals surface area contributed by atoms with Gasteiger partial charge in [-0.05, 0) is 31.6 Å². The zero-order valence-corrected chi connectivity index (χ0v) is 14.0. The van der Waals surface area contributed by atoms with E-state index in [2.05, 4.69) is 20.9 Å².